The fourth-order valence-electron chi connectivity index (χ4n) is 0.641. The molecule has 0 radical (unpaired) electrons. The van der Waals surface area contributed by atoms with Crippen molar-refractivity contribution in [2.24, 2.45) is 0 Å². The van der Waals surface area contributed by atoms with Gasteiger partial charge in [-0.3, -0.25) is 0 Å². The minimum Gasteiger partial charge on any atom is -0.231 e. The molecule has 14 heavy (non-hydrogen) atoms. The molecule has 1 aromatic heterocycles. The molecule has 1 aromatic rings. The second kappa shape index (κ2) is 5.08. The van der Waals surface area contributed by atoms with Gasteiger partial charge in [0.05, 0.1) is 0 Å². The van der Waals surface area contributed by atoms with Crippen molar-refractivity contribution in [3.8, 4) is 0 Å². The number of nitrogens with zero attached hydrogens (tertiary/aromatic N) is 2. The molecule has 0 aliphatic heterocycles. The Morgan fingerprint density at radius 3 is 2.57 bits per heavy atom. The maximum atomic E-state index is 5.84. The normalized spacial score (nSPS) is 12.1. The molecule has 0 saturated heterocycles. The van der Waals surface area contributed by atoms with Crippen LogP contribution in [0.25, 0.3) is 0 Å². The highest BCUT2D eigenvalue weighted by Crippen LogP contribution is 2.45. The predicted octanol–water partition coefficient (Wildman–Crippen LogP) is 3.81. The van der Waals surface area contributed by atoms with Gasteiger partial charge < -0.3 is 0 Å². The summed E-state index contributed by atoms with van der Waals surface area (Å²) < 4.78 is -1.34. The Morgan fingerprint density at radius 1 is 1.43 bits per heavy atom. The van der Waals surface area contributed by atoms with Crippen molar-refractivity contribution in [3.05, 3.63) is 18.0 Å². The summed E-state index contributed by atoms with van der Waals surface area (Å²) in [6, 6.07) is 1.77. The molecule has 0 aromatic carbocycles. The van der Waals surface area contributed by atoms with E-state index < -0.39 is 8.50 Å². The fourth-order valence-corrected chi connectivity index (χ4v) is 1.96. The minimum atomic E-state index is -1.34. The largest absolute Gasteiger partial charge is 0.231 e. The summed E-state index contributed by atoms with van der Waals surface area (Å²) in [5.74, 6) is 0. The molecule has 0 fully saturated rings. The first-order valence-corrected chi connectivity index (χ1v) is 6.01. The number of hydrogen-bond donors (Lipinski definition) is 0. The summed E-state index contributed by atoms with van der Waals surface area (Å²) in [5, 5.41) is 0.446. The van der Waals surface area contributed by atoms with Crippen molar-refractivity contribution in [1.82, 2.24) is 9.97 Å². The van der Waals surface area contributed by atoms with Crippen LogP contribution in [0.3, 0.4) is 0 Å². The summed E-state index contributed by atoms with van der Waals surface area (Å²) in [5.41, 5.74) is 0.826. The third-order valence-electron chi connectivity index (χ3n) is 1.25. The zero-order valence-electron chi connectivity index (χ0n) is 7.05. The molecular weight excluding hydrogens is 286 g/mol. The van der Waals surface area contributed by atoms with E-state index in [4.69, 9.17) is 46.4 Å². The summed E-state index contributed by atoms with van der Waals surface area (Å²) in [6.07, 6.45) is 1.62. The smallest absolute Gasteiger partial charge is 0.200 e. The van der Waals surface area contributed by atoms with Crippen LogP contribution in [0.5, 0.6) is 0 Å². The van der Waals surface area contributed by atoms with Crippen molar-refractivity contribution in [3.63, 3.8) is 0 Å². The average Bonchev–Trinajstić information content (AvgIpc) is 2.02. The summed E-state index contributed by atoms with van der Waals surface area (Å²) in [6.45, 7) is 1.84. The van der Waals surface area contributed by atoms with E-state index in [1.165, 1.54) is 0 Å². The SMILES string of the molecule is Cc1ccnc(SC(Cl)(Cl)C(Cl)Cl)n1. The molecule has 0 aliphatic rings. The van der Waals surface area contributed by atoms with Gasteiger partial charge in [-0.1, -0.05) is 23.2 Å². The zero-order valence-corrected chi connectivity index (χ0v) is 10.9. The molecule has 2 nitrogen and oxygen atoms in total. The maximum Gasteiger partial charge on any atom is 0.200 e. The Labute approximate surface area is 106 Å². The molecule has 0 spiro atoms. The zero-order chi connectivity index (χ0) is 10.8. The molecular formula is C7H6Cl4N2S. The van der Waals surface area contributed by atoms with Gasteiger partial charge in [0.2, 0.25) is 0 Å². The van der Waals surface area contributed by atoms with E-state index in [-0.39, 0.29) is 0 Å². The van der Waals surface area contributed by atoms with Crippen LogP contribution < -0.4 is 0 Å². The highest BCUT2D eigenvalue weighted by molar-refractivity contribution is 8.03. The number of hydrogen-bond acceptors (Lipinski definition) is 3. The molecule has 0 amide bonds. The Morgan fingerprint density at radius 2 is 2.07 bits per heavy atom. The first-order chi connectivity index (χ1) is 6.42. The van der Waals surface area contributed by atoms with Crippen LogP contribution in [-0.4, -0.2) is 18.5 Å². The Balaban J connectivity index is 2.78. The van der Waals surface area contributed by atoms with E-state index in [1.807, 2.05) is 6.92 Å². The van der Waals surface area contributed by atoms with Gasteiger partial charge in [-0.25, -0.2) is 9.97 Å². The van der Waals surface area contributed by atoms with Gasteiger partial charge in [0.15, 0.2) is 13.7 Å². The molecule has 0 bridgehead atoms. The van der Waals surface area contributed by atoms with Gasteiger partial charge in [-0.05, 0) is 24.8 Å². The second-order valence-corrected chi connectivity index (χ2v) is 6.59. The van der Waals surface area contributed by atoms with Crippen LogP contribution in [0, 0.1) is 6.92 Å². The van der Waals surface area contributed by atoms with Crippen LogP contribution in [-0.2, 0) is 0 Å². The third kappa shape index (κ3) is 3.63. The van der Waals surface area contributed by atoms with E-state index in [2.05, 4.69) is 9.97 Å². The van der Waals surface area contributed by atoms with E-state index in [1.54, 1.807) is 12.3 Å². The Hall–Kier alpha value is 0.590. The molecule has 7 heteroatoms. The monoisotopic (exact) mass is 290 g/mol. The summed E-state index contributed by atoms with van der Waals surface area (Å²) in [4.78, 5) is 7.16. The van der Waals surface area contributed by atoms with E-state index in [0.717, 1.165) is 17.5 Å². The van der Waals surface area contributed by atoms with Crippen LogP contribution in [0.2, 0.25) is 0 Å². The summed E-state index contributed by atoms with van der Waals surface area (Å²) in [7, 11) is 0. The Bertz CT molecular complexity index is 318. The van der Waals surface area contributed by atoms with Crippen LogP contribution in [0.1, 0.15) is 5.69 Å². The predicted molar refractivity (Wildman–Crippen MR) is 62.6 cm³/mol. The standard InChI is InChI=1S/C7H6Cl4N2S/c1-4-2-3-12-6(13-4)14-7(10,11)5(8)9/h2-3,5H,1H3. The van der Waals surface area contributed by atoms with E-state index in [9.17, 15) is 0 Å². The first-order valence-electron chi connectivity index (χ1n) is 3.56. The average molecular weight is 292 g/mol. The van der Waals surface area contributed by atoms with Crippen molar-refractivity contribution in [2.45, 2.75) is 20.6 Å². The number of aromatic nitrogens is 2. The van der Waals surface area contributed by atoms with Crippen molar-refractivity contribution >= 4 is 58.2 Å². The van der Waals surface area contributed by atoms with Crippen LogP contribution in [0.15, 0.2) is 17.4 Å². The quantitative estimate of drug-likeness (QED) is 0.481. The number of halogens is 4. The van der Waals surface area contributed by atoms with Crippen LogP contribution in [0.4, 0.5) is 0 Å². The fraction of sp³-hybridized carbons (Fsp3) is 0.429. The second-order valence-electron chi connectivity index (χ2n) is 2.45. The van der Waals surface area contributed by atoms with Gasteiger partial charge in [0.1, 0.15) is 0 Å². The lowest BCUT2D eigenvalue weighted by atomic mass is 10.5. The lowest BCUT2D eigenvalue weighted by Gasteiger charge is -2.18. The lowest BCUT2D eigenvalue weighted by Crippen LogP contribution is -2.17. The molecule has 1 heterocycles. The summed E-state index contributed by atoms with van der Waals surface area (Å²) >= 11 is 23.9. The van der Waals surface area contributed by atoms with E-state index in [0.29, 0.717) is 5.16 Å². The van der Waals surface area contributed by atoms with Gasteiger partial charge in [-0.2, -0.15) is 0 Å². The molecule has 1 rings (SSSR count). The van der Waals surface area contributed by atoms with E-state index >= 15 is 0 Å². The minimum absolute atomic E-state index is 0.446. The van der Waals surface area contributed by atoms with Gasteiger partial charge in [0.25, 0.3) is 0 Å². The maximum absolute atomic E-state index is 5.84. The molecule has 0 unspecified atom stereocenters. The first kappa shape index (κ1) is 12.7. The number of aryl methyl sites for hydroxylation is 1. The molecule has 0 N–H and O–H groups in total. The van der Waals surface area contributed by atoms with Gasteiger partial charge in [-0.15, -0.1) is 23.2 Å². The van der Waals surface area contributed by atoms with Gasteiger partial charge in [0, 0.05) is 11.9 Å². The molecule has 0 aliphatic carbocycles. The van der Waals surface area contributed by atoms with Crippen molar-refractivity contribution in [1.29, 1.82) is 0 Å². The van der Waals surface area contributed by atoms with Crippen LogP contribution >= 0.6 is 58.2 Å². The molecule has 0 saturated carbocycles. The molecule has 78 valence electrons. The van der Waals surface area contributed by atoms with Gasteiger partial charge >= 0.3 is 0 Å². The number of alkyl halides is 4. The topological polar surface area (TPSA) is 25.8 Å². The third-order valence-corrected chi connectivity index (χ3v) is 4.40. The Kier molecular flexibility index (Phi) is 4.59. The lowest BCUT2D eigenvalue weighted by molar-refractivity contribution is 0.927. The van der Waals surface area contributed by atoms with Crippen molar-refractivity contribution in [2.75, 3.05) is 0 Å². The molecule has 0 atom stereocenters. The highest BCUT2D eigenvalue weighted by Gasteiger charge is 2.34. The van der Waals surface area contributed by atoms with Crippen molar-refractivity contribution < 1.29 is 0 Å². The highest BCUT2D eigenvalue weighted by atomic mass is 35.5. The number of thioether (sulfide) groups is 1. The number of rotatable bonds is 3.